The van der Waals surface area contributed by atoms with E-state index in [9.17, 15) is 8.42 Å². The van der Waals surface area contributed by atoms with Gasteiger partial charge in [-0.25, -0.2) is 13.4 Å². The summed E-state index contributed by atoms with van der Waals surface area (Å²) in [4.78, 5) is 4.02. The minimum absolute atomic E-state index is 0.358. The summed E-state index contributed by atoms with van der Waals surface area (Å²) < 4.78 is 31.6. The molecular weight excluding hydrogens is 302 g/mol. The van der Waals surface area contributed by atoms with Gasteiger partial charge in [-0.1, -0.05) is 35.5 Å². The molecule has 1 N–H and O–H groups in total. The van der Waals surface area contributed by atoms with Crippen LogP contribution in [0.3, 0.4) is 0 Å². The van der Waals surface area contributed by atoms with Crippen molar-refractivity contribution in [2.45, 2.75) is 6.92 Å². The first-order valence-electron chi connectivity index (χ1n) is 6.51. The second-order valence-corrected chi connectivity index (χ2v) is 6.27. The summed E-state index contributed by atoms with van der Waals surface area (Å²) in [7, 11) is -3.62. The van der Waals surface area contributed by atoms with E-state index < -0.39 is 10.0 Å². The van der Waals surface area contributed by atoms with Crippen molar-refractivity contribution in [3.05, 3.63) is 59.3 Å². The Hall–Kier alpha value is -2.67. The van der Waals surface area contributed by atoms with Crippen LogP contribution in [0.1, 0.15) is 11.3 Å². The van der Waals surface area contributed by atoms with E-state index in [-0.39, 0.29) is 0 Å². The van der Waals surface area contributed by atoms with Crippen molar-refractivity contribution < 1.29 is 12.9 Å². The Balaban J connectivity index is 1.83. The number of anilines is 1. The Morgan fingerprint density at radius 3 is 2.77 bits per heavy atom. The van der Waals surface area contributed by atoms with Crippen LogP contribution in [0.25, 0.3) is 17.2 Å². The smallest absolute Gasteiger partial charge is 0.258 e. The molecule has 0 amide bonds. The van der Waals surface area contributed by atoms with Gasteiger partial charge in [0.2, 0.25) is 0 Å². The lowest BCUT2D eigenvalue weighted by Crippen LogP contribution is -2.08. The number of hydrogen-bond acceptors (Lipinski definition) is 5. The molecule has 3 rings (SSSR count). The number of fused-ring (bicyclic) bond motifs is 1. The molecule has 0 aliphatic heterocycles. The van der Waals surface area contributed by atoms with Gasteiger partial charge < -0.3 is 4.52 Å². The number of aryl methyl sites for hydroxylation is 1. The first kappa shape index (κ1) is 14.3. The summed E-state index contributed by atoms with van der Waals surface area (Å²) >= 11 is 0. The van der Waals surface area contributed by atoms with Gasteiger partial charge in [0.05, 0.1) is 28.4 Å². The van der Waals surface area contributed by atoms with E-state index in [0.29, 0.717) is 22.5 Å². The van der Waals surface area contributed by atoms with Gasteiger partial charge in [0.15, 0.2) is 0 Å². The fourth-order valence-corrected chi connectivity index (χ4v) is 2.78. The van der Waals surface area contributed by atoms with Crippen molar-refractivity contribution in [3.8, 4) is 0 Å². The van der Waals surface area contributed by atoms with Gasteiger partial charge in [-0.2, -0.15) is 0 Å². The van der Waals surface area contributed by atoms with E-state index in [4.69, 9.17) is 4.52 Å². The Morgan fingerprint density at radius 2 is 2.00 bits per heavy atom. The second-order valence-electron chi connectivity index (χ2n) is 4.71. The van der Waals surface area contributed by atoms with Gasteiger partial charge in [-0.3, -0.25) is 4.72 Å². The Morgan fingerprint density at radius 1 is 1.23 bits per heavy atom. The molecule has 0 bridgehead atoms. The second kappa shape index (κ2) is 5.61. The van der Waals surface area contributed by atoms with Gasteiger partial charge in [0.1, 0.15) is 0 Å². The Labute approximate surface area is 127 Å². The summed E-state index contributed by atoms with van der Waals surface area (Å²) in [5.74, 6) is 0. The standard InChI is InChI=1S/C15H13N3O3S/c1-11-14-9-13(10-16-15(14)21-17-11)18-22(19,20)8-7-12-5-3-2-4-6-12/h2-10,18H,1H3. The van der Waals surface area contributed by atoms with Crippen LogP contribution < -0.4 is 4.72 Å². The maximum absolute atomic E-state index is 12.1. The maximum atomic E-state index is 12.1. The van der Waals surface area contributed by atoms with Crippen LogP contribution in [-0.4, -0.2) is 18.6 Å². The van der Waals surface area contributed by atoms with E-state index >= 15 is 0 Å². The Kier molecular flexibility index (Phi) is 3.64. The van der Waals surface area contributed by atoms with Crippen molar-refractivity contribution in [2.75, 3.05) is 4.72 Å². The number of aromatic nitrogens is 2. The topological polar surface area (TPSA) is 85.1 Å². The molecule has 2 aromatic heterocycles. The maximum Gasteiger partial charge on any atom is 0.258 e. The zero-order valence-corrected chi connectivity index (χ0v) is 12.5. The molecule has 1 aromatic carbocycles. The summed E-state index contributed by atoms with van der Waals surface area (Å²) in [6, 6.07) is 10.8. The molecule has 2 heterocycles. The monoisotopic (exact) mass is 315 g/mol. The number of sulfonamides is 1. The molecule has 0 aliphatic carbocycles. The molecule has 3 aromatic rings. The van der Waals surface area contributed by atoms with E-state index in [1.165, 1.54) is 12.3 Å². The first-order valence-corrected chi connectivity index (χ1v) is 8.06. The van der Waals surface area contributed by atoms with Gasteiger partial charge in [-0.15, -0.1) is 0 Å². The zero-order valence-electron chi connectivity index (χ0n) is 11.7. The van der Waals surface area contributed by atoms with Crippen molar-refractivity contribution in [1.29, 1.82) is 0 Å². The highest BCUT2D eigenvalue weighted by Crippen LogP contribution is 2.20. The van der Waals surface area contributed by atoms with E-state index in [0.717, 1.165) is 11.0 Å². The average Bonchev–Trinajstić information content (AvgIpc) is 2.87. The third kappa shape index (κ3) is 3.15. The zero-order chi connectivity index (χ0) is 15.6. The van der Waals surface area contributed by atoms with Crippen LogP contribution in [0.15, 0.2) is 52.5 Å². The molecule has 0 fully saturated rings. The third-order valence-electron chi connectivity index (χ3n) is 3.01. The highest BCUT2D eigenvalue weighted by atomic mass is 32.2. The Bertz CT molecular complexity index is 931. The molecule has 0 aliphatic rings. The van der Waals surface area contributed by atoms with Crippen LogP contribution in [-0.2, 0) is 10.0 Å². The largest absolute Gasteiger partial charge is 0.336 e. The van der Waals surface area contributed by atoms with Gasteiger partial charge in [-0.05, 0) is 24.6 Å². The summed E-state index contributed by atoms with van der Waals surface area (Å²) in [5, 5.41) is 5.57. The number of nitrogens with one attached hydrogen (secondary N) is 1. The number of rotatable bonds is 4. The average molecular weight is 315 g/mol. The van der Waals surface area contributed by atoms with Crippen LogP contribution in [0.4, 0.5) is 5.69 Å². The number of nitrogens with zero attached hydrogens (tertiary/aromatic N) is 2. The molecule has 0 saturated carbocycles. The number of benzene rings is 1. The molecule has 0 unspecified atom stereocenters. The molecule has 22 heavy (non-hydrogen) atoms. The molecule has 7 heteroatoms. The highest BCUT2D eigenvalue weighted by Gasteiger charge is 2.10. The summed E-state index contributed by atoms with van der Waals surface area (Å²) in [6.45, 7) is 1.76. The number of pyridine rings is 1. The van der Waals surface area contributed by atoms with Crippen LogP contribution in [0, 0.1) is 6.92 Å². The van der Waals surface area contributed by atoms with Crippen LogP contribution >= 0.6 is 0 Å². The van der Waals surface area contributed by atoms with Crippen molar-refractivity contribution in [3.63, 3.8) is 0 Å². The van der Waals surface area contributed by atoms with Crippen LogP contribution in [0.5, 0.6) is 0 Å². The van der Waals surface area contributed by atoms with Crippen molar-refractivity contribution in [2.24, 2.45) is 0 Å². The lowest BCUT2D eigenvalue weighted by molar-refractivity contribution is 0.443. The third-order valence-corrected chi connectivity index (χ3v) is 4.02. The SMILES string of the molecule is Cc1noc2ncc(NS(=O)(=O)C=Cc3ccccc3)cc12. The normalized spacial score (nSPS) is 12.0. The minimum Gasteiger partial charge on any atom is -0.336 e. The molecule has 112 valence electrons. The molecule has 0 radical (unpaired) electrons. The molecule has 0 spiro atoms. The molecular formula is C15H13N3O3S. The van der Waals surface area contributed by atoms with E-state index in [1.54, 1.807) is 13.0 Å². The quantitative estimate of drug-likeness (QED) is 0.800. The summed E-state index contributed by atoms with van der Waals surface area (Å²) in [5.41, 5.74) is 2.19. The van der Waals surface area contributed by atoms with Gasteiger partial charge >= 0.3 is 0 Å². The molecule has 6 nitrogen and oxygen atoms in total. The summed E-state index contributed by atoms with van der Waals surface area (Å²) in [6.07, 6.45) is 2.92. The molecule has 0 saturated heterocycles. The lowest BCUT2D eigenvalue weighted by Gasteiger charge is -2.03. The predicted molar refractivity (Wildman–Crippen MR) is 84.6 cm³/mol. The van der Waals surface area contributed by atoms with Crippen LogP contribution in [0.2, 0.25) is 0 Å². The molecule has 0 atom stereocenters. The fraction of sp³-hybridized carbons (Fsp3) is 0.0667. The van der Waals surface area contributed by atoms with E-state index in [1.807, 2.05) is 30.3 Å². The minimum atomic E-state index is -3.62. The van der Waals surface area contributed by atoms with Gasteiger partial charge in [0, 0.05) is 0 Å². The number of hydrogen-bond donors (Lipinski definition) is 1. The lowest BCUT2D eigenvalue weighted by atomic mass is 10.2. The highest BCUT2D eigenvalue weighted by molar-refractivity contribution is 7.95. The fourth-order valence-electron chi connectivity index (χ4n) is 1.93. The van der Waals surface area contributed by atoms with E-state index in [2.05, 4.69) is 14.9 Å². The first-order chi connectivity index (χ1) is 10.5. The van der Waals surface area contributed by atoms with Gasteiger partial charge in [0.25, 0.3) is 15.7 Å². The van der Waals surface area contributed by atoms with Crippen molar-refractivity contribution >= 4 is 32.9 Å². The van der Waals surface area contributed by atoms with Crippen molar-refractivity contribution in [1.82, 2.24) is 10.1 Å². The predicted octanol–water partition coefficient (Wildman–Crippen LogP) is 2.94.